The number of rotatable bonds is 3. The number of nitrogens with one attached hydrogen (secondary N) is 1. The largest absolute Gasteiger partial charge is 0.370 e. The zero-order chi connectivity index (χ0) is 15.1. The topological polar surface area (TPSA) is 62.9 Å². The molecule has 1 aromatic carbocycles. The Bertz CT molecular complexity index is 580. The highest BCUT2D eigenvalue weighted by atomic mass is 15.1. The molecule has 0 bridgehead atoms. The minimum atomic E-state index is 0.0818. The minimum Gasteiger partial charge on any atom is -0.370 e. The summed E-state index contributed by atoms with van der Waals surface area (Å²) in [5.74, 6) is 0. The molecule has 0 spiro atoms. The monoisotopic (exact) mass is 280 g/mol. The second kappa shape index (κ2) is 7.36. The molecule has 108 valence electrons. The van der Waals surface area contributed by atoms with E-state index in [4.69, 9.17) is 10.5 Å². The van der Waals surface area contributed by atoms with Crippen LogP contribution in [-0.4, -0.2) is 13.1 Å². The maximum Gasteiger partial charge on any atom is 0.145 e. The van der Waals surface area contributed by atoms with Crippen molar-refractivity contribution in [2.45, 2.75) is 32.6 Å². The van der Waals surface area contributed by atoms with Crippen molar-refractivity contribution >= 4 is 11.4 Å². The summed E-state index contributed by atoms with van der Waals surface area (Å²) in [5, 5.41) is 20.8. The van der Waals surface area contributed by atoms with Crippen molar-refractivity contribution in [3.05, 3.63) is 35.5 Å². The fourth-order valence-electron chi connectivity index (χ4n) is 2.59. The van der Waals surface area contributed by atoms with Gasteiger partial charge in [0.25, 0.3) is 0 Å². The Hall–Kier alpha value is -2.46. The Morgan fingerprint density at radius 2 is 1.81 bits per heavy atom. The van der Waals surface area contributed by atoms with Crippen molar-refractivity contribution in [2.24, 2.45) is 0 Å². The highest BCUT2D eigenvalue weighted by molar-refractivity contribution is 5.72. The second-order valence-electron chi connectivity index (χ2n) is 5.35. The van der Waals surface area contributed by atoms with Crippen molar-refractivity contribution in [1.82, 2.24) is 0 Å². The van der Waals surface area contributed by atoms with Crippen molar-refractivity contribution in [3.8, 4) is 12.1 Å². The van der Waals surface area contributed by atoms with Crippen molar-refractivity contribution in [2.75, 3.05) is 23.3 Å². The first-order valence-electron chi connectivity index (χ1n) is 7.37. The summed E-state index contributed by atoms with van der Waals surface area (Å²) < 4.78 is 0. The number of benzene rings is 1. The number of nitrogens with zero attached hydrogens (tertiary/aromatic N) is 3. The Morgan fingerprint density at radius 1 is 1.14 bits per heavy atom. The van der Waals surface area contributed by atoms with Crippen molar-refractivity contribution < 1.29 is 0 Å². The molecule has 1 N–H and O–H groups in total. The number of hydrogen-bond donors (Lipinski definition) is 1. The zero-order valence-corrected chi connectivity index (χ0v) is 12.4. The van der Waals surface area contributed by atoms with Crippen LogP contribution in [0.4, 0.5) is 11.4 Å². The van der Waals surface area contributed by atoms with Gasteiger partial charge in [0.1, 0.15) is 17.7 Å². The van der Waals surface area contributed by atoms with Gasteiger partial charge >= 0.3 is 0 Å². The van der Waals surface area contributed by atoms with E-state index in [-0.39, 0.29) is 5.57 Å². The average Bonchev–Trinajstić information content (AvgIpc) is 2.77. The fourth-order valence-corrected chi connectivity index (χ4v) is 2.59. The SMILES string of the molecule is Cc1ccc(N2CCCCCC2)c(NC=C(C#N)C#N)c1. The molecule has 2 rings (SSSR count). The molecule has 0 aromatic heterocycles. The molecule has 0 unspecified atom stereocenters. The van der Waals surface area contributed by atoms with E-state index in [2.05, 4.69) is 28.4 Å². The Labute approximate surface area is 126 Å². The molecule has 1 fully saturated rings. The van der Waals surface area contributed by atoms with Crippen molar-refractivity contribution in [1.29, 1.82) is 10.5 Å². The van der Waals surface area contributed by atoms with Gasteiger partial charge in [-0.15, -0.1) is 0 Å². The highest BCUT2D eigenvalue weighted by Crippen LogP contribution is 2.29. The van der Waals surface area contributed by atoms with Gasteiger partial charge < -0.3 is 10.2 Å². The smallest absolute Gasteiger partial charge is 0.145 e. The van der Waals surface area contributed by atoms with Crippen LogP contribution in [0.1, 0.15) is 31.2 Å². The van der Waals surface area contributed by atoms with Crippen LogP contribution in [0.5, 0.6) is 0 Å². The van der Waals surface area contributed by atoms with Crippen LogP contribution in [0.2, 0.25) is 0 Å². The van der Waals surface area contributed by atoms with Gasteiger partial charge in [-0.2, -0.15) is 10.5 Å². The maximum atomic E-state index is 8.82. The number of aryl methyl sites for hydroxylation is 1. The first-order chi connectivity index (χ1) is 10.2. The van der Waals surface area contributed by atoms with Crippen molar-refractivity contribution in [3.63, 3.8) is 0 Å². The summed E-state index contributed by atoms with van der Waals surface area (Å²) >= 11 is 0. The molecular formula is C17H20N4. The van der Waals surface area contributed by atoms with Gasteiger partial charge in [0.15, 0.2) is 0 Å². The van der Waals surface area contributed by atoms with Crippen LogP contribution < -0.4 is 10.2 Å². The normalized spacial score (nSPS) is 14.5. The predicted octanol–water partition coefficient (Wildman–Crippen LogP) is 3.72. The molecule has 0 amide bonds. The number of nitriles is 2. The third-order valence-corrected chi connectivity index (χ3v) is 3.71. The molecule has 1 aliphatic rings. The summed E-state index contributed by atoms with van der Waals surface area (Å²) in [6.45, 7) is 4.16. The summed E-state index contributed by atoms with van der Waals surface area (Å²) in [5.41, 5.74) is 3.34. The van der Waals surface area contributed by atoms with Gasteiger partial charge in [0, 0.05) is 19.3 Å². The standard InChI is InChI=1S/C17H20N4/c1-14-6-7-17(21-8-4-2-3-5-9-21)16(10-14)20-13-15(11-18)12-19/h6-7,10,13,20H,2-5,8-9H2,1H3. The summed E-state index contributed by atoms with van der Waals surface area (Å²) in [4.78, 5) is 2.39. The molecule has 0 saturated carbocycles. The molecule has 0 radical (unpaired) electrons. The maximum absolute atomic E-state index is 8.82. The van der Waals surface area contributed by atoms with Crippen LogP contribution in [0.15, 0.2) is 30.0 Å². The molecular weight excluding hydrogens is 260 g/mol. The number of anilines is 2. The van der Waals surface area contributed by atoms with Crippen LogP contribution in [0, 0.1) is 29.6 Å². The van der Waals surface area contributed by atoms with E-state index in [0.29, 0.717) is 0 Å². The second-order valence-corrected chi connectivity index (χ2v) is 5.35. The lowest BCUT2D eigenvalue weighted by Gasteiger charge is -2.25. The summed E-state index contributed by atoms with van der Waals surface area (Å²) in [6.07, 6.45) is 6.49. The molecule has 1 aromatic rings. The summed E-state index contributed by atoms with van der Waals surface area (Å²) in [6, 6.07) is 10.0. The van der Waals surface area contributed by atoms with Gasteiger partial charge in [-0.25, -0.2) is 0 Å². The van der Waals surface area contributed by atoms with Crippen LogP contribution in [0.3, 0.4) is 0 Å². The highest BCUT2D eigenvalue weighted by Gasteiger charge is 2.13. The Morgan fingerprint density at radius 3 is 2.43 bits per heavy atom. The summed E-state index contributed by atoms with van der Waals surface area (Å²) in [7, 11) is 0. The van der Waals surface area contributed by atoms with Gasteiger partial charge in [-0.05, 0) is 37.5 Å². The molecule has 1 saturated heterocycles. The van der Waals surface area contributed by atoms with Crippen LogP contribution in [-0.2, 0) is 0 Å². The van der Waals surface area contributed by atoms with E-state index in [1.54, 1.807) is 0 Å². The number of hydrogen-bond acceptors (Lipinski definition) is 4. The Kier molecular flexibility index (Phi) is 5.23. The van der Waals surface area contributed by atoms with Crippen LogP contribution in [0.25, 0.3) is 0 Å². The fraction of sp³-hybridized carbons (Fsp3) is 0.412. The van der Waals surface area contributed by atoms with Gasteiger partial charge in [-0.1, -0.05) is 18.9 Å². The van der Waals surface area contributed by atoms with E-state index in [9.17, 15) is 0 Å². The average molecular weight is 280 g/mol. The predicted molar refractivity (Wildman–Crippen MR) is 84.8 cm³/mol. The van der Waals surface area contributed by atoms with Gasteiger partial charge in [-0.3, -0.25) is 0 Å². The lowest BCUT2D eigenvalue weighted by molar-refractivity contribution is 0.726. The first kappa shape index (κ1) is 14.9. The van der Waals surface area contributed by atoms with E-state index in [1.807, 2.05) is 19.1 Å². The molecule has 1 aliphatic heterocycles. The lowest BCUT2D eigenvalue weighted by atomic mass is 10.1. The van der Waals surface area contributed by atoms with E-state index in [1.165, 1.54) is 31.9 Å². The van der Waals surface area contributed by atoms with Crippen LogP contribution >= 0.6 is 0 Å². The third kappa shape index (κ3) is 4.00. The minimum absolute atomic E-state index is 0.0818. The van der Waals surface area contributed by atoms with Gasteiger partial charge in [0.05, 0.1) is 11.4 Å². The molecule has 4 nitrogen and oxygen atoms in total. The molecule has 4 heteroatoms. The lowest BCUT2D eigenvalue weighted by Crippen LogP contribution is -2.24. The Balaban J connectivity index is 2.27. The molecule has 21 heavy (non-hydrogen) atoms. The number of allylic oxidation sites excluding steroid dienone is 1. The van der Waals surface area contributed by atoms with E-state index >= 15 is 0 Å². The molecule has 0 atom stereocenters. The quantitative estimate of drug-likeness (QED) is 0.857. The van der Waals surface area contributed by atoms with E-state index in [0.717, 1.165) is 30.0 Å². The first-order valence-corrected chi connectivity index (χ1v) is 7.37. The molecule has 0 aliphatic carbocycles. The van der Waals surface area contributed by atoms with E-state index < -0.39 is 0 Å². The zero-order valence-electron chi connectivity index (χ0n) is 12.4. The third-order valence-electron chi connectivity index (χ3n) is 3.71. The molecule has 1 heterocycles. The van der Waals surface area contributed by atoms with Gasteiger partial charge in [0.2, 0.25) is 0 Å².